The van der Waals surface area contributed by atoms with Crippen molar-refractivity contribution in [2.45, 2.75) is 0 Å². The van der Waals surface area contributed by atoms with Crippen molar-refractivity contribution in [3.8, 4) is 16.9 Å². The van der Waals surface area contributed by atoms with E-state index in [4.69, 9.17) is 14.5 Å². The molecule has 1 fully saturated rings. The number of benzene rings is 1. The van der Waals surface area contributed by atoms with Gasteiger partial charge >= 0.3 is 5.97 Å². The van der Waals surface area contributed by atoms with Crippen molar-refractivity contribution in [1.82, 2.24) is 4.98 Å². The van der Waals surface area contributed by atoms with Crippen LogP contribution in [0.4, 0.5) is 5.82 Å². The molecule has 1 aliphatic heterocycles. The Labute approximate surface area is 154 Å². The number of thiophene rings is 1. The molecular formula is C19H18N2O4S. The van der Waals surface area contributed by atoms with Crippen LogP contribution in [-0.2, 0) is 9.47 Å². The molecule has 0 radical (unpaired) electrons. The van der Waals surface area contributed by atoms with Gasteiger partial charge in [0.1, 0.15) is 10.6 Å². The van der Waals surface area contributed by atoms with Crippen molar-refractivity contribution in [2.24, 2.45) is 0 Å². The van der Waals surface area contributed by atoms with Crippen molar-refractivity contribution >= 4 is 33.3 Å². The summed E-state index contributed by atoms with van der Waals surface area (Å²) in [4.78, 5) is 19.7. The highest BCUT2D eigenvalue weighted by Gasteiger charge is 2.24. The molecule has 0 atom stereocenters. The molecule has 0 bridgehead atoms. The molecule has 0 amide bonds. The van der Waals surface area contributed by atoms with Crippen LogP contribution in [0.1, 0.15) is 9.67 Å². The topological polar surface area (TPSA) is 71.9 Å². The first-order chi connectivity index (χ1) is 12.7. The lowest BCUT2D eigenvalue weighted by molar-refractivity contribution is 0.0603. The van der Waals surface area contributed by atoms with E-state index in [1.54, 1.807) is 0 Å². The van der Waals surface area contributed by atoms with Crippen molar-refractivity contribution in [2.75, 3.05) is 38.3 Å². The predicted octanol–water partition coefficient (Wildman–Crippen LogP) is 3.29. The summed E-state index contributed by atoms with van der Waals surface area (Å²) in [6, 6.07) is 11.8. The molecule has 1 aliphatic rings. The molecule has 0 spiro atoms. The maximum atomic E-state index is 12.0. The van der Waals surface area contributed by atoms with Gasteiger partial charge in [-0.25, -0.2) is 9.78 Å². The molecule has 6 nitrogen and oxygen atoms in total. The second-order valence-corrected chi connectivity index (χ2v) is 6.94. The second-order valence-electron chi connectivity index (χ2n) is 5.94. The van der Waals surface area contributed by atoms with E-state index >= 15 is 0 Å². The average Bonchev–Trinajstić information content (AvgIpc) is 3.04. The minimum atomic E-state index is -0.558. The summed E-state index contributed by atoms with van der Waals surface area (Å²) in [5.74, 6) is 0.187. The number of aromatic hydroxyl groups is 1. The third-order valence-corrected chi connectivity index (χ3v) is 5.47. The monoisotopic (exact) mass is 370 g/mol. The molecule has 3 heterocycles. The smallest absolute Gasteiger partial charge is 0.351 e. The van der Waals surface area contributed by atoms with Crippen molar-refractivity contribution in [1.29, 1.82) is 0 Å². The van der Waals surface area contributed by atoms with Crippen LogP contribution in [-0.4, -0.2) is 49.5 Å². The number of methoxy groups -OCH3 is 1. The molecule has 2 aromatic heterocycles. The molecule has 26 heavy (non-hydrogen) atoms. The van der Waals surface area contributed by atoms with Gasteiger partial charge in [-0.3, -0.25) is 0 Å². The maximum absolute atomic E-state index is 12.0. The number of hydrogen-bond acceptors (Lipinski definition) is 7. The van der Waals surface area contributed by atoms with Gasteiger partial charge in [-0.2, -0.15) is 0 Å². The van der Waals surface area contributed by atoms with Gasteiger partial charge in [-0.05, 0) is 17.2 Å². The molecule has 1 N–H and O–H groups in total. The number of hydrogen-bond donors (Lipinski definition) is 1. The molecule has 0 aliphatic carbocycles. The Morgan fingerprint density at radius 2 is 2.00 bits per heavy atom. The minimum Gasteiger partial charge on any atom is -0.505 e. The quantitative estimate of drug-likeness (QED) is 0.714. The van der Waals surface area contributed by atoms with E-state index in [1.807, 2.05) is 36.4 Å². The highest BCUT2D eigenvalue weighted by atomic mass is 32.1. The van der Waals surface area contributed by atoms with E-state index in [-0.39, 0.29) is 10.6 Å². The van der Waals surface area contributed by atoms with Gasteiger partial charge < -0.3 is 19.5 Å². The molecule has 1 aromatic carbocycles. The molecule has 1 saturated heterocycles. The number of pyridine rings is 1. The lowest BCUT2D eigenvalue weighted by atomic mass is 10.0. The second kappa shape index (κ2) is 6.93. The zero-order chi connectivity index (χ0) is 18.1. The fourth-order valence-electron chi connectivity index (χ4n) is 3.10. The molecule has 4 rings (SSSR count). The highest BCUT2D eigenvalue weighted by molar-refractivity contribution is 7.21. The summed E-state index contributed by atoms with van der Waals surface area (Å²) in [5.41, 5.74) is 1.81. The number of carbonyl (C=O) groups is 1. The average molecular weight is 370 g/mol. The number of nitrogens with zero attached hydrogens (tertiary/aromatic N) is 2. The van der Waals surface area contributed by atoms with Gasteiger partial charge in [0.2, 0.25) is 0 Å². The van der Waals surface area contributed by atoms with Crippen LogP contribution >= 0.6 is 11.3 Å². The van der Waals surface area contributed by atoms with Crippen LogP contribution in [0.15, 0.2) is 36.4 Å². The van der Waals surface area contributed by atoms with E-state index in [0.717, 1.165) is 41.4 Å². The van der Waals surface area contributed by atoms with Gasteiger partial charge in [-0.15, -0.1) is 11.3 Å². The van der Waals surface area contributed by atoms with Crippen molar-refractivity contribution < 1.29 is 19.4 Å². The number of ether oxygens (including phenoxy) is 2. The minimum absolute atomic E-state index is 0.0725. The van der Waals surface area contributed by atoms with Crippen LogP contribution in [0.3, 0.4) is 0 Å². The van der Waals surface area contributed by atoms with E-state index in [1.165, 1.54) is 7.11 Å². The fraction of sp³-hybridized carbons (Fsp3) is 0.263. The van der Waals surface area contributed by atoms with Crippen molar-refractivity contribution in [3.05, 3.63) is 41.3 Å². The number of rotatable bonds is 3. The van der Waals surface area contributed by atoms with Crippen LogP contribution in [0, 0.1) is 0 Å². The first-order valence-electron chi connectivity index (χ1n) is 8.32. The lowest BCUT2D eigenvalue weighted by Gasteiger charge is -2.28. The third kappa shape index (κ3) is 2.89. The fourth-order valence-corrected chi connectivity index (χ4v) is 4.11. The first-order valence-corrected chi connectivity index (χ1v) is 9.13. The molecule has 3 aromatic rings. The Morgan fingerprint density at radius 1 is 1.27 bits per heavy atom. The van der Waals surface area contributed by atoms with Crippen molar-refractivity contribution in [3.63, 3.8) is 0 Å². The SMILES string of the molecule is COC(=O)c1sc2nc(N3CCOCC3)cc(-c3ccccc3)c2c1O. The lowest BCUT2D eigenvalue weighted by Crippen LogP contribution is -2.36. The van der Waals surface area contributed by atoms with Crippen LogP contribution in [0.2, 0.25) is 0 Å². The number of anilines is 1. The van der Waals surface area contributed by atoms with Gasteiger partial charge in [0.25, 0.3) is 0 Å². The standard InChI is InChI=1S/C19H18N2O4S/c1-24-19(23)17-16(22)15-13(12-5-3-2-4-6-12)11-14(20-18(15)26-17)21-7-9-25-10-8-21/h2-6,11,22H,7-10H2,1H3. The predicted molar refractivity (Wildman–Crippen MR) is 101 cm³/mol. The van der Waals surface area contributed by atoms with E-state index < -0.39 is 5.97 Å². The summed E-state index contributed by atoms with van der Waals surface area (Å²) in [6.07, 6.45) is 0. The van der Waals surface area contributed by atoms with Gasteiger partial charge in [-0.1, -0.05) is 30.3 Å². The van der Waals surface area contributed by atoms with Gasteiger partial charge in [0.15, 0.2) is 10.6 Å². The third-order valence-electron chi connectivity index (χ3n) is 4.41. The normalized spacial score (nSPS) is 14.6. The molecular weight excluding hydrogens is 352 g/mol. The molecule has 0 saturated carbocycles. The molecule has 7 heteroatoms. The van der Waals surface area contributed by atoms with Gasteiger partial charge in [0, 0.05) is 13.1 Å². The first kappa shape index (κ1) is 16.8. The molecule has 134 valence electrons. The van der Waals surface area contributed by atoms with E-state index in [2.05, 4.69) is 4.90 Å². The zero-order valence-corrected chi connectivity index (χ0v) is 15.1. The number of esters is 1. The Hall–Kier alpha value is -2.64. The van der Waals surface area contributed by atoms with Gasteiger partial charge in [0.05, 0.1) is 25.7 Å². The Kier molecular flexibility index (Phi) is 4.48. The zero-order valence-electron chi connectivity index (χ0n) is 14.3. The number of fused-ring (bicyclic) bond motifs is 1. The Morgan fingerprint density at radius 3 is 2.69 bits per heavy atom. The van der Waals surface area contributed by atoms with E-state index in [9.17, 15) is 9.90 Å². The summed E-state index contributed by atoms with van der Waals surface area (Å²) in [6.45, 7) is 2.83. The Balaban J connectivity index is 1.95. The summed E-state index contributed by atoms with van der Waals surface area (Å²) < 4.78 is 10.2. The number of morpholine rings is 1. The van der Waals surface area contributed by atoms with Crippen LogP contribution in [0.5, 0.6) is 5.75 Å². The van der Waals surface area contributed by atoms with Crippen LogP contribution in [0.25, 0.3) is 21.3 Å². The number of aromatic nitrogens is 1. The Bertz CT molecular complexity index is 949. The van der Waals surface area contributed by atoms with E-state index in [0.29, 0.717) is 23.4 Å². The largest absolute Gasteiger partial charge is 0.505 e. The summed E-state index contributed by atoms with van der Waals surface area (Å²) >= 11 is 1.15. The number of carbonyl (C=O) groups excluding carboxylic acids is 1. The summed E-state index contributed by atoms with van der Waals surface area (Å²) in [5, 5.41) is 11.3. The summed E-state index contributed by atoms with van der Waals surface area (Å²) in [7, 11) is 1.30. The highest BCUT2D eigenvalue weighted by Crippen LogP contribution is 2.43. The maximum Gasteiger partial charge on any atom is 0.351 e. The van der Waals surface area contributed by atoms with Crippen LogP contribution < -0.4 is 4.90 Å². The molecule has 0 unspecified atom stereocenters.